The molecule has 3 N–H and O–H groups in total. The zero-order chi connectivity index (χ0) is 19.7. The number of carboxylic acid groups (broad SMARTS) is 1. The van der Waals surface area contributed by atoms with Crippen LogP contribution < -0.4 is 10.5 Å². The third kappa shape index (κ3) is 2.85. The van der Waals surface area contributed by atoms with Gasteiger partial charge in [-0.3, -0.25) is 4.79 Å². The van der Waals surface area contributed by atoms with Gasteiger partial charge in [-0.1, -0.05) is 66.7 Å². The highest BCUT2D eigenvalue weighted by Gasteiger charge is 2.47. The van der Waals surface area contributed by atoms with Gasteiger partial charge in [0.1, 0.15) is 17.5 Å². The molecule has 0 spiro atoms. The van der Waals surface area contributed by atoms with Gasteiger partial charge >= 0.3 is 5.97 Å². The maximum Gasteiger partial charge on any atom is 0.323 e. The van der Waals surface area contributed by atoms with Gasteiger partial charge in [-0.25, -0.2) is 0 Å². The quantitative estimate of drug-likeness (QED) is 0.707. The maximum absolute atomic E-state index is 11.5. The monoisotopic (exact) mass is 375 g/mol. The Balaban J connectivity index is 2.00. The molecule has 1 aliphatic heterocycles. The molecule has 0 unspecified atom stereocenters. The summed E-state index contributed by atoms with van der Waals surface area (Å²) in [5.74, 6) is 0.228. The van der Waals surface area contributed by atoms with Gasteiger partial charge in [-0.15, -0.1) is 0 Å². The second-order valence-corrected chi connectivity index (χ2v) is 6.83. The molecule has 0 amide bonds. The summed E-state index contributed by atoms with van der Waals surface area (Å²) in [5.41, 5.74) is 7.35. The normalized spacial score (nSPS) is 16.2. The fraction of sp³-hybridized carbons (Fsp3) is 0.174. The van der Waals surface area contributed by atoms with Crippen molar-refractivity contribution in [3.05, 3.63) is 95.6 Å². The highest BCUT2D eigenvalue weighted by atomic mass is 16.5. The van der Waals surface area contributed by atoms with E-state index in [0.29, 0.717) is 11.5 Å². The molecule has 0 bridgehead atoms. The average Bonchev–Trinajstić information content (AvgIpc) is 2.73. The predicted molar refractivity (Wildman–Crippen MR) is 105 cm³/mol. The van der Waals surface area contributed by atoms with Gasteiger partial charge < -0.3 is 20.3 Å². The second kappa shape index (κ2) is 7.11. The largest absolute Gasteiger partial charge is 0.480 e. The molecule has 3 aromatic carbocycles. The number of ether oxygens (including phenoxy) is 2. The summed E-state index contributed by atoms with van der Waals surface area (Å²) in [6.07, 6.45) is -0.753. The molecule has 4 rings (SSSR count). The summed E-state index contributed by atoms with van der Waals surface area (Å²) in [7, 11) is 0. The standard InChI is InChI=1S/C23H21NO4/c1-15(21(24)22(25)26)28-23(16-9-3-2-4-10-16)17-11-5-7-13-19(17)27-20-14-8-6-12-18(20)23/h2-15,21H,24H2,1H3,(H,25,26)/t15-,21+/m0/s1. The summed E-state index contributed by atoms with van der Waals surface area (Å²) >= 11 is 0. The van der Waals surface area contributed by atoms with Crippen molar-refractivity contribution in [2.45, 2.75) is 24.7 Å². The van der Waals surface area contributed by atoms with Crippen molar-refractivity contribution >= 4 is 5.97 Å². The smallest absolute Gasteiger partial charge is 0.323 e. The second-order valence-electron chi connectivity index (χ2n) is 6.83. The van der Waals surface area contributed by atoms with Crippen LogP contribution in [0.4, 0.5) is 0 Å². The molecule has 0 saturated heterocycles. The minimum atomic E-state index is -1.16. The Kier molecular flexibility index (Phi) is 4.63. The molecule has 0 fully saturated rings. The SMILES string of the molecule is C[C@H](OC1(c2ccccc2)c2ccccc2Oc2ccccc21)[C@@H](N)C(=O)O. The third-order valence-corrected chi connectivity index (χ3v) is 5.09. The lowest BCUT2D eigenvalue weighted by Gasteiger charge is -2.42. The maximum atomic E-state index is 11.5. The van der Waals surface area contributed by atoms with Gasteiger partial charge in [0.2, 0.25) is 0 Å². The minimum absolute atomic E-state index is 0.668. The fourth-order valence-electron chi connectivity index (χ4n) is 3.69. The minimum Gasteiger partial charge on any atom is -0.480 e. The number of nitrogens with two attached hydrogens (primary N) is 1. The van der Waals surface area contributed by atoms with Crippen molar-refractivity contribution in [2.75, 3.05) is 0 Å². The molecule has 0 aromatic heterocycles. The molecule has 0 radical (unpaired) electrons. The van der Waals surface area contributed by atoms with Crippen LogP contribution >= 0.6 is 0 Å². The first-order valence-electron chi connectivity index (χ1n) is 9.12. The van der Waals surface area contributed by atoms with Crippen molar-refractivity contribution in [2.24, 2.45) is 5.73 Å². The van der Waals surface area contributed by atoms with Crippen molar-refractivity contribution in [1.29, 1.82) is 0 Å². The molecule has 3 aromatic rings. The summed E-state index contributed by atoms with van der Waals surface area (Å²) in [6, 6.07) is 23.9. The van der Waals surface area contributed by atoms with Gasteiger partial charge in [0, 0.05) is 11.1 Å². The summed E-state index contributed by atoms with van der Waals surface area (Å²) < 4.78 is 12.7. The van der Waals surface area contributed by atoms with E-state index < -0.39 is 23.7 Å². The third-order valence-electron chi connectivity index (χ3n) is 5.09. The number of hydrogen-bond donors (Lipinski definition) is 2. The van der Waals surface area contributed by atoms with E-state index in [9.17, 15) is 9.90 Å². The van der Waals surface area contributed by atoms with Crippen LogP contribution in [-0.2, 0) is 15.1 Å². The summed E-state index contributed by atoms with van der Waals surface area (Å²) in [5, 5.41) is 9.40. The first kappa shape index (κ1) is 18.2. The van der Waals surface area contributed by atoms with E-state index in [1.54, 1.807) is 6.92 Å². The number of hydrogen-bond acceptors (Lipinski definition) is 4. The molecule has 1 heterocycles. The van der Waals surface area contributed by atoms with E-state index in [1.807, 2.05) is 78.9 Å². The van der Waals surface area contributed by atoms with Gasteiger partial charge in [0.25, 0.3) is 0 Å². The average molecular weight is 375 g/mol. The van der Waals surface area contributed by atoms with E-state index in [1.165, 1.54) is 0 Å². The highest BCUT2D eigenvalue weighted by molar-refractivity contribution is 5.74. The zero-order valence-corrected chi connectivity index (χ0v) is 15.4. The Morgan fingerprint density at radius 1 is 0.929 bits per heavy atom. The van der Waals surface area contributed by atoms with Gasteiger partial charge in [-0.05, 0) is 24.6 Å². The Morgan fingerprint density at radius 3 is 1.96 bits per heavy atom. The van der Waals surface area contributed by atoms with Gasteiger partial charge in [-0.2, -0.15) is 0 Å². The number of rotatable bonds is 5. The molecular formula is C23H21NO4. The summed E-state index contributed by atoms with van der Waals surface area (Å²) in [6.45, 7) is 1.68. The Bertz CT molecular complexity index is 957. The number of carbonyl (C=O) groups is 1. The van der Waals surface area contributed by atoms with Crippen LogP contribution in [0, 0.1) is 0 Å². The molecule has 142 valence electrons. The first-order chi connectivity index (χ1) is 13.5. The van der Waals surface area contributed by atoms with E-state index in [4.69, 9.17) is 15.2 Å². The number of aliphatic carboxylic acids is 1. The summed E-state index contributed by atoms with van der Waals surface area (Å²) in [4.78, 5) is 11.5. The number of para-hydroxylation sites is 2. The lowest BCUT2D eigenvalue weighted by atomic mass is 9.77. The van der Waals surface area contributed by atoms with Crippen molar-refractivity contribution < 1.29 is 19.4 Å². The molecule has 2 atom stereocenters. The lowest BCUT2D eigenvalue weighted by Crippen LogP contribution is -2.47. The van der Waals surface area contributed by atoms with Crippen LogP contribution in [0.5, 0.6) is 11.5 Å². The van der Waals surface area contributed by atoms with Crippen molar-refractivity contribution in [3.8, 4) is 11.5 Å². The zero-order valence-electron chi connectivity index (χ0n) is 15.4. The molecule has 5 nitrogen and oxygen atoms in total. The topological polar surface area (TPSA) is 81.8 Å². The van der Waals surface area contributed by atoms with Crippen LogP contribution in [-0.4, -0.2) is 23.2 Å². The fourth-order valence-corrected chi connectivity index (χ4v) is 3.69. The number of fused-ring (bicyclic) bond motifs is 2. The predicted octanol–water partition coefficient (Wildman–Crippen LogP) is 3.90. The Hall–Kier alpha value is -3.15. The van der Waals surface area contributed by atoms with Crippen LogP contribution in [0.1, 0.15) is 23.6 Å². The van der Waals surface area contributed by atoms with E-state index in [-0.39, 0.29) is 0 Å². The van der Waals surface area contributed by atoms with Crippen LogP contribution in [0.25, 0.3) is 0 Å². The van der Waals surface area contributed by atoms with E-state index in [2.05, 4.69) is 0 Å². The van der Waals surface area contributed by atoms with Crippen LogP contribution in [0.3, 0.4) is 0 Å². The molecule has 0 aliphatic carbocycles. The van der Waals surface area contributed by atoms with Gasteiger partial charge in [0.05, 0.1) is 6.10 Å². The molecular weight excluding hydrogens is 354 g/mol. The number of carboxylic acids is 1. The first-order valence-corrected chi connectivity index (χ1v) is 9.12. The van der Waals surface area contributed by atoms with Gasteiger partial charge in [0.15, 0.2) is 5.60 Å². The lowest BCUT2D eigenvalue weighted by molar-refractivity contribution is -0.145. The van der Waals surface area contributed by atoms with Crippen LogP contribution in [0.15, 0.2) is 78.9 Å². The van der Waals surface area contributed by atoms with Crippen molar-refractivity contribution in [3.63, 3.8) is 0 Å². The molecule has 0 saturated carbocycles. The van der Waals surface area contributed by atoms with E-state index >= 15 is 0 Å². The Morgan fingerprint density at radius 2 is 1.43 bits per heavy atom. The Labute approximate surface area is 163 Å². The number of benzene rings is 3. The molecule has 28 heavy (non-hydrogen) atoms. The van der Waals surface area contributed by atoms with Crippen LogP contribution in [0.2, 0.25) is 0 Å². The highest BCUT2D eigenvalue weighted by Crippen LogP contribution is 2.52. The van der Waals surface area contributed by atoms with E-state index in [0.717, 1.165) is 16.7 Å². The molecule has 1 aliphatic rings. The van der Waals surface area contributed by atoms with Crippen molar-refractivity contribution in [1.82, 2.24) is 0 Å². The molecule has 5 heteroatoms.